The first kappa shape index (κ1) is 15.7. The molecule has 7 heteroatoms. The summed E-state index contributed by atoms with van der Waals surface area (Å²) < 4.78 is 5.60. The Kier molecular flexibility index (Phi) is 5.31. The van der Waals surface area contributed by atoms with Crippen molar-refractivity contribution in [3.05, 3.63) is 33.9 Å². The summed E-state index contributed by atoms with van der Waals surface area (Å²) in [6, 6.07) is 4.20. The molecule has 1 aromatic carbocycles. The van der Waals surface area contributed by atoms with Gasteiger partial charge in [0.25, 0.3) is 0 Å². The second-order valence-corrected chi connectivity index (χ2v) is 4.98. The van der Waals surface area contributed by atoms with Crippen LogP contribution in [0, 0.1) is 16.0 Å². The maximum absolute atomic E-state index is 11.1. The third-order valence-electron chi connectivity index (χ3n) is 2.69. The molecule has 0 heterocycles. The second kappa shape index (κ2) is 6.74. The molecule has 0 spiro atoms. The van der Waals surface area contributed by atoms with E-state index in [9.17, 15) is 10.1 Å². The van der Waals surface area contributed by atoms with Crippen LogP contribution in [-0.2, 0) is 0 Å². The lowest BCUT2D eigenvalue weighted by Gasteiger charge is -2.16. The molecule has 1 aromatic rings. The number of rotatable bonds is 6. The third-order valence-corrected chi connectivity index (χ3v) is 2.69. The lowest BCUT2D eigenvalue weighted by molar-refractivity contribution is -0.386. The first-order chi connectivity index (χ1) is 9.35. The number of nitro groups is 1. The van der Waals surface area contributed by atoms with E-state index >= 15 is 0 Å². The monoisotopic (exact) mass is 281 g/mol. The lowest BCUT2D eigenvalue weighted by atomic mass is 10.1. The van der Waals surface area contributed by atoms with Crippen molar-refractivity contribution in [2.75, 3.05) is 0 Å². The van der Waals surface area contributed by atoms with Gasteiger partial charge in [-0.25, -0.2) is 0 Å². The van der Waals surface area contributed by atoms with Gasteiger partial charge in [-0.2, -0.15) is 0 Å². The van der Waals surface area contributed by atoms with Crippen molar-refractivity contribution >= 4 is 11.5 Å². The summed E-state index contributed by atoms with van der Waals surface area (Å²) in [5, 5.41) is 22.5. The highest BCUT2D eigenvalue weighted by Crippen LogP contribution is 2.29. The molecule has 0 fully saturated rings. The van der Waals surface area contributed by atoms with Crippen LogP contribution in [0.2, 0.25) is 0 Å². The van der Waals surface area contributed by atoms with Crippen molar-refractivity contribution < 1.29 is 14.9 Å². The lowest BCUT2D eigenvalue weighted by Crippen LogP contribution is -2.16. The normalized spacial score (nSPS) is 13.3. The maximum Gasteiger partial charge on any atom is 0.311 e. The Balaban J connectivity index is 3.05. The van der Waals surface area contributed by atoms with E-state index in [-0.39, 0.29) is 28.9 Å². The number of oxime groups is 1. The Bertz CT molecular complexity index is 514. The predicted octanol–water partition coefficient (Wildman–Crippen LogP) is 2.50. The smallest absolute Gasteiger partial charge is 0.311 e. The highest BCUT2D eigenvalue weighted by molar-refractivity contribution is 5.97. The van der Waals surface area contributed by atoms with Gasteiger partial charge >= 0.3 is 5.69 Å². The molecule has 20 heavy (non-hydrogen) atoms. The zero-order valence-corrected chi connectivity index (χ0v) is 11.7. The number of amidine groups is 1. The number of benzene rings is 1. The fourth-order valence-electron chi connectivity index (χ4n) is 1.91. The van der Waals surface area contributed by atoms with Gasteiger partial charge in [0.05, 0.1) is 11.0 Å². The Morgan fingerprint density at radius 2 is 2.15 bits per heavy atom. The summed E-state index contributed by atoms with van der Waals surface area (Å²) in [5.74, 6) is 0.424. The topological polar surface area (TPSA) is 111 Å². The van der Waals surface area contributed by atoms with Crippen LogP contribution in [0.15, 0.2) is 23.4 Å². The fraction of sp³-hybridized carbons (Fsp3) is 0.462. The van der Waals surface area contributed by atoms with E-state index in [4.69, 9.17) is 15.7 Å². The summed E-state index contributed by atoms with van der Waals surface area (Å²) >= 11 is 0. The Morgan fingerprint density at radius 3 is 2.65 bits per heavy atom. The summed E-state index contributed by atoms with van der Waals surface area (Å²) in [5.41, 5.74) is 5.48. The van der Waals surface area contributed by atoms with Crippen LogP contribution in [0.5, 0.6) is 5.75 Å². The molecule has 0 radical (unpaired) electrons. The minimum Gasteiger partial charge on any atom is -0.484 e. The zero-order chi connectivity index (χ0) is 15.3. The molecule has 0 aromatic heterocycles. The van der Waals surface area contributed by atoms with Crippen LogP contribution in [-0.4, -0.2) is 22.1 Å². The van der Waals surface area contributed by atoms with Crippen LogP contribution in [0.4, 0.5) is 5.69 Å². The van der Waals surface area contributed by atoms with Crippen molar-refractivity contribution in [2.45, 2.75) is 33.3 Å². The number of nitrogens with zero attached hydrogens (tertiary/aromatic N) is 2. The molecule has 0 aliphatic rings. The Morgan fingerprint density at radius 1 is 1.50 bits per heavy atom. The van der Waals surface area contributed by atoms with Crippen LogP contribution in [0.1, 0.15) is 32.8 Å². The van der Waals surface area contributed by atoms with Crippen molar-refractivity contribution in [2.24, 2.45) is 16.8 Å². The van der Waals surface area contributed by atoms with E-state index in [1.54, 1.807) is 0 Å². The van der Waals surface area contributed by atoms with Crippen LogP contribution in [0.3, 0.4) is 0 Å². The molecule has 3 N–H and O–H groups in total. The number of ether oxygens (including phenoxy) is 1. The van der Waals surface area contributed by atoms with E-state index in [2.05, 4.69) is 19.0 Å². The molecule has 0 saturated carbocycles. The van der Waals surface area contributed by atoms with Crippen molar-refractivity contribution in [1.29, 1.82) is 0 Å². The molecule has 0 bridgehead atoms. The molecule has 0 aliphatic heterocycles. The molecule has 0 aliphatic carbocycles. The van der Waals surface area contributed by atoms with Gasteiger partial charge in [0.2, 0.25) is 0 Å². The largest absolute Gasteiger partial charge is 0.484 e. The molecular weight excluding hydrogens is 262 g/mol. The van der Waals surface area contributed by atoms with Crippen molar-refractivity contribution in [3.8, 4) is 5.75 Å². The standard InChI is InChI=1S/C13H19N3O4/c1-8(2)6-9(3)20-12-5-4-10(13(14)15-17)7-11(12)16(18)19/h4-5,7-9,17H,6H2,1-3H3,(H2,14,15). The highest BCUT2D eigenvalue weighted by atomic mass is 16.6. The number of hydrogen-bond donors (Lipinski definition) is 2. The predicted molar refractivity (Wildman–Crippen MR) is 75.2 cm³/mol. The average molecular weight is 281 g/mol. The van der Waals surface area contributed by atoms with E-state index in [0.717, 1.165) is 6.42 Å². The van der Waals surface area contributed by atoms with Gasteiger partial charge in [0, 0.05) is 11.6 Å². The summed E-state index contributed by atoms with van der Waals surface area (Å²) in [7, 11) is 0. The molecule has 1 unspecified atom stereocenters. The van der Waals surface area contributed by atoms with Crippen LogP contribution < -0.4 is 10.5 Å². The third kappa shape index (κ3) is 4.11. The van der Waals surface area contributed by atoms with Gasteiger partial charge in [0.15, 0.2) is 11.6 Å². The number of hydrogen-bond acceptors (Lipinski definition) is 5. The first-order valence-corrected chi connectivity index (χ1v) is 6.28. The maximum atomic E-state index is 11.1. The van der Waals surface area contributed by atoms with Gasteiger partial charge in [-0.05, 0) is 31.4 Å². The highest BCUT2D eigenvalue weighted by Gasteiger charge is 2.19. The van der Waals surface area contributed by atoms with E-state index < -0.39 is 4.92 Å². The number of nitro benzene ring substituents is 1. The van der Waals surface area contributed by atoms with Gasteiger partial charge in [-0.15, -0.1) is 0 Å². The summed E-state index contributed by atoms with van der Waals surface area (Å²) in [6.07, 6.45) is 0.655. The van der Waals surface area contributed by atoms with Crippen molar-refractivity contribution in [1.82, 2.24) is 0 Å². The molecule has 0 amide bonds. The van der Waals surface area contributed by atoms with Crippen LogP contribution >= 0.6 is 0 Å². The molecule has 1 atom stereocenters. The Labute approximate surface area is 117 Å². The van der Waals surface area contributed by atoms with Crippen molar-refractivity contribution in [3.63, 3.8) is 0 Å². The molecule has 0 saturated heterocycles. The van der Waals surface area contributed by atoms with Gasteiger partial charge < -0.3 is 15.7 Å². The minimum atomic E-state index is -0.550. The summed E-state index contributed by atoms with van der Waals surface area (Å²) in [6.45, 7) is 5.97. The second-order valence-electron chi connectivity index (χ2n) is 4.98. The molecule has 110 valence electrons. The molecule has 7 nitrogen and oxygen atoms in total. The quantitative estimate of drug-likeness (QED) is 0.273. The molecule has 1 rings (SSSR count). The minimum absolute atomic E-state index is 0.136. The zero-order valence-electron chi connectivity index (χ0n) is 11.7. The van der Waals surface area contributed by atoms with Crippen LogP contribution in [0.25, 0.3) is 0 Å². The fourth-order valence-corrected chi connectivity index (χ4v) is 1.91. The first-order valence-electron chi connectivity index (χ1n) is 6.28. The molecular formula is C13H19N3O4. The Hall–Kier alpha value is -2.31. The van der Waals surface area contributed by atoms with Gasteiger partial charge in [0.1, 0.15) is 0 Å². The van der Waals surface area contributed by atoms with E-state index in [1.807, 2.05) is 6.92 Å². The van der Waals surface area contributed by atoms with Gasteiger partial charge in [-0.1, -0.05) is 19.0 Å². The number of nitrogens with two attached hydrogens (primary N) is 1. The summed E-state index contributed by atoms with van der Waals surface area (Å²) in [4.78, 5) is 10.5. The average Bonchev–Trinajstić information content (AvgIpc) is 2.36. The van der Waals surface area contributed by atoms with E-state index in [1.165, 1.54) is 18.2 Å². The SMILES string of the molecule is CC(C)CC(C)Oc1ccc(C(N)=NO)cc1[N+](=O)[O-]. The van der Waals surface area contributed by atoms with Gasteiger partial charge in [-0.3, -0.25) is 10.1 Å². The van der Waals surface area contributed by atoms with E-state index in [0.29, 0.717) is 5.92 Å².